The predicted octanol–water partition coefficient (Wildman–Crippen LogP) is 3.56. The highest BCUT2D eigenvalue weighted by molar-refractivity contribution is 7.99. The topological polar surface area (TPSA) is 9.23 Å². The molecule has 1 nitrogen and oxygen atoms in total. The highest BCUT2D eigenvalue weighted by Gasteiger charge is 2.24. The van der Waals surface area contributed by atoms with E-state index in [1.54, 1.807) is 0 Å². The number of methoxy groups -OCH3 is 1. The van der Waals surface area contributed by atoms with Gasteiger partial charge in [-0.2, -0.15) is 0 Å². The predicted molar refractivity (Wildman–Crippen MR) is 56.4 cm³/mol. The van der Waals surface area contributed by atoms with Crippen LogP contribution in [0.4, 0.5) is 13.2 Å². The summed E-state index contributed by atoms with van der Waals surface area (Å²) in [5, 5.41) is 0. The maximum Gasteiger partial charge on any atom is 0.192 e. The number of hydrogen-bond donors (Lipinski definition) is 0. The largest absolute Gasteiger partial charge is 0.491 e. The molecule has 1 aromatic rings. The molecule has 1 aromatic carbocycles. The van der Waals surface area contributed by atoms with E-state index in [1.807, 2.05) is 0 Å². The second-order valence-electron chi connectivity index (χ2n) is 2.54. The van der Waals surface area contributed by atoms with E-state index in [-0.39, 0.29) is 9.79 Å². The zero-order valence-corrected chi connectivity index (χ0v) is 9.99. The zero-order chi connectivity index (χ0) is 11.6. The summed E-state index contributed by atoms with van der Waals surface area (Å²) in [7, 11) is 1.15. The second-order valence-corrected chi connectivity index (χ2v) is 4.17. The van der Waals surface area contributed by atoms with E-state index in [0.29, 0.717) is 0 Å². The molecule has 0 unspecified atom stereocenters. The number of benzene rings is 1. The van der Waals surface area contributed by atoms with Crippen LogP contribution in [0.15, 0.2) is 9.79 Å². The summed E-state index contributed by atoms with van der Waals surface area (Å²) in [4.78, 5) is -0.449. The smallest absolute Gasteiger partial charge is 0.192 e. The first-order valence-electron chi connectivity index (χ1n) is 3.90. The van der Waals surface area contributed by atoms with Crippen molar-refractivity contribution >= 4 is 23.5 Å². The normalized spacial score (nSPS) is 10.5. The maximum absolute atomic E-state index is 13.5. The lowest BCUT2D eigenvalue weighted by molar-refractivity contribution is 0.340. The molecule has 84 valence electrons. The molecule has 0 aliphatic rings. The Kier molecular flexibility index (Phi) is 4.21. The first-order valence-corrected chi connectivity index (χ1v) is 6.35. The lowest BCUT2D eigenvalue weighted by atomic mass is 10.3. The fourth-order valence-corrected chi connectivity index (χ4v) is 2.31. The van der Waals surface area contributed by atoms with Gasteiger partial charge in [-0.1, -0.05) is 0 Å². The Labute approximate surface area is 94.4 Å². The number of ether oxygens (including phenoxy) is 1. The van der Waals surface area contributed by atoms with Crippen LogP contribution >= 0.6 is 23.5 Å². The van der Waals surface area contributed by atoms with Crippen molar-refractivity contribution < 1.29 is 17.9 Å². The molecular weight excluding hydrogens is 245 g/mol. The molecule has 0 saturated heterocycles. The van der Waals surface area contributed by atoms with Crippen molar-refractivity contribution in [2.45, 2.75) is 9.79 Å². The molecule has 0 atom stereocenters. The molecule has 0 aliphatic heterocycles. The number of thioether (sulfide) groups is 2. The lowest BCUT2D eigenvalue weighted by Crippen LogP contribution is -2.01. The third-order valence-electron chi connectivity index (χ3n) is 1.81. The number of rotatable bonds is 3. The maximum atomic E-state index is 13.5. The van der Waals surface area contributed by atoms with Crippen molar-refractivity contribution in [1.29, 1.82) is 0 Å². The van der Waals surface area contributed by atoms with Gasteiger partial charge in [0.15, 0.2) is 23.2 Å². The van der Waals surface area contributed by atoms with Crippen LogP contribution in [0.1, 0.15) is 0 Å². The Hall–Kier alpha value is -0.490. The molecule has 1 rings (SSSR count). The van der Waals surface area contributed by atoms with Gasteiger partial charge in [0, 0.05) is 0 Å². The van der Waals surface area contributed by atoms with Gasteiger partial charge in [-0.05, 0) is 12.5 Å². The average Bonchev–Trinajstić information content (AvgIpc) is 2.19. The van der Waals surface area contributed by atoms with Crippen molar-refractivity contribution in [1.82, 2.24) is 0 Å². The molecule has 0 spiro atoms. The van der Waals surface area contributed by atoms with Crippen LogP contribution in [0.3, 0.4) is 0 Å². The summed E-state index contributed by atoms with van der Waals surface area (Å²) >= 11 is 1.76. The second kappa shape index (κ2) is 5.03. The Morgan fingerprint density at radius 3 is 1.53 bits per heavy atom. The van der Waals surface area contributed by atoms with Gasteiger partial charge in [-0.15, -0.1) is 23.5 Å². The molecule has 0 saturated carbocycles. The Balaban J connectivity index is 3.57. The molecule has 15 heavy (non-hydrogen) atoms. The fourth-order valence-electron chi connectivity index (χ4n) is 1.14. The van der Waals surface area contributed by atoms with Gasteiger partial charge < -0.3 is 4.74 Å². The number of halogens is 3. The zero-order valence-electron chi connectivity index (χ0n) is 8.36. The van der Waals surface area contributed by atoms with Gasteiger partial charge in [0.1, 0.15) is 0 Å². The first kappa shape index (κ1) is 12.6. The van der Waals surface area contributed by atoms with Gasteiger partial charge in [0.2, 0.25) is 0 Å². The van der Waals surface area contributed by atoms with Crippen LogP contribution in [0, 0.1) is 17.5 Å². The highest BCUT2D eigenvalue weighted by atomic mass is 32.2. The van der Waals surface area contributed by atoms with Gasteiger partial charge in [-0.3, -0.25) is 0 Å². The van der Waals surface area contributed by atoms with Crippen LogP contribution in [0.2, 0.25) is 0 Å². The molecule has 0 bridgehead atoms. The molecule has 0 N–H and O–H groups in total. The van der Waals surface area contributed by atoms with Crippen LogP contribution in [0.5, 0.6) is 5.75 Å². The van der Waals surface area contributed by atoms with E-state index in [0.717, 1.165) is 30.6 Å². The minimum atomic E-state index is -0.988. The SMILES string of the molecule is COc1c(F)c(SC)c(F)c(SC)c1F. The fraction of sp³-hybridized carbons (Fsp3) is 0.333. The molecule has 0 aliphatic carbocycles. The van der Waals surface area contributed by atoms with Gasteiger partial charge in [0.05, 0.1) is 16.9 Å². The van der Waals surface area contributed by atoms with Gasteiger partial charge >= 0.3 is 0 Å². The van der Waals surface area contributed by atoms with E-state index >= 15 is 0 Å². The summed E-state index contributed by atoms with van der Waals surface area (Å²) in [6.07, 6.45) is 3.03. The summed E-state index contributed by atoms with van der Waals surface area (Å²) in [5.74, 6) is -3.38. The molecule has 0 heterocycles. The molecule has 6 heteroatoms. The summed E-state index contributed by atoms with van der Waals surface area (Å²) in [6, 6.07) is 0. The minimum Gasteiger partial charge on any atom is -0.491 e. The van der Waals surface area contributed by atoms with Crippen molar-refractivity contribution in [2.24, 2.45) is 0 Å². The van der Waals surface area contributed by atoms with Crippen LogP contribution in [0.25, 0.3) is 0 Å². The third kappa shape index (κ3) is 2.06. The van der Waals surface area contributed by atoms with E-state index in [9.17, 15) is 13.2 Å². The van der Waals surface area contributed by atoms with Crippen LogP contribution in [-0.2, 0) is 0 Å². The standard InChI is InChI=1S/C9H9F3OS2/c1-13-7-4(10)8(14-2)6(12)9(15-3)5(7)11/h1-3H3. The first-order chi connectivity index (χ1) is 7.08. The van der Waals surface area contributed by atoms with E-state index in [4.69, 9.17) is 0 Å². The lowest BCUT2D eigenvalue weighted by Gasteiger charge is -2.11. The Bertz CT molecular complexity index is 304. The Morgan fingerprint density at radius 1 is 0.867 bits per heavy atom. The molecular formula is C9H9F3OS2. The van der Waals surface area contributed by atoms with Crippen molar-refractivity contribution in [3.8, 4) is 5.75 Å². The molecule has 0 aromatic heterocycles. The van der Waals surface area contributed by atoms with Crippen molar-refractivity contribution in [2.75, 3.05) is 19.6 Å². The van der Waals surface area contributed by atoms with Crippen LogP contribution in [-0.4, -0.2) is 19.6 Å². The van der Waals surface area contributed by atoms with Gasteiger partial charge in [-0.25, -0.2) is 13.2 Å². The average molecular weight is 254 g/mol. The van der Waals surface area contributed by atoms with E-state index < -0.39 is 23.2 Å². The van der Waals surface area contributed by atoms with Crippen LogP contribution < -0.4 is 4.74 Å². The van der Waals surface area contributed by atoms with Gasteiger partial charge in [0.25, 0.3) is 0 Å². The number of hydrogen-bond acceptors (Lipinski definition) is 3. The van der Waals surface area contributed by atoms with E-state index in [2.05, 4.69) is 4.74 Å². The summed E-state index contributed by atoms with van der Waals surface area (Å²) in [6.45, 7) is 0. The van der Waals surface area contributed by atoms with Crippen molar-refractivity contribution in [3.05, 3.63) is 17.5 Å². The highest BCUT2D eigenvalue weighted by Crippen LogP contribution is 2.38. The molecule has 0 radical (unpaired) electrons. The summed E-state index contributed by atoms with van der Waals surface area (Å²) < 4.78 is 45.1. The van der Waals surface area contributed by atoms with E-state index in [1.165, 1.54) is 12.5 Å². The molecule has 0 amide bonds. The minimum absolute atomic E-state index is 0.224. The third-order valence-corrected chi connectivity index (χ3v) is 3.34. The quantitative estimate of drug-likeness (QED) is 0.763. The monoisotopic (exact) mass is 254 g/mol. The van der Waals surface area contributed by atoms with Crippen molar-refractivity contribution in [3.63, 3.8) is 0 Å². The molecule has 0 fully saturated rings. The summed E-state index contributed by atoms with van der Waals surface area (Å²) in [5.41, 5.74) is 0. The Morgan fingerprint density at radius 2 is 1.27 bits per heavy atom.